The van der Waals surface area contributed by atoms with Gasteiger partial charge < -0.3 is 4.84 Å². The van der Waals surface area contributed by atoms with Crippen LogP contribution in [0.4, 0.5) is 0 Å². The van der Waals surface area contributed by atoms with Crippen LogP contribution in [0.1, 0.15) is 0 Å². The second-order valence-corrected chi connectivity index (χ2v) is 0.869. The van der Waals surface area contributed by atoms with E-state index in [9.17, 15) is 15.3 Å². The van der Waals surface area contributed by atoms with Crippen LogP contribution < -0.4 is 0 Å². The van der Waals surface area contributed by atoms with E-state index in [2.05, 4.69) is 4.84 Å². The van der Waals surface area contributed by atoms with Crippen LogP contribution in [-0.2, 0) is 4.84 Å². The molecule has 8 heavy (non-hydrogen) atoms. The van der Waals surface area contributed by atoms with Crippen molar-refractivity contribution >= 4 is 6.34 Å². The van der Waals surface area contributed by atoms with E-state index < -0.39 is 4.92 Å². The van der Waals surface area contributed by atoms with Gasteiger partial charge in [-0.05, 0) is 0 Å². The summed E-state index contributed by atoms with van der Waals surface area (Å²) >= 11 is 0. The molecule has 6 nitrogen and oxygen atoms in total. The van der Waals surface area contributed by atoms with Crippen LogP contribution in [-0.4, -0.2) is 23.3 Å². The first-order chi connectivity index (χ1) is 3.66. The monoisotopic (exact) mass is 120 g/mol. The quantitative estimate of drug-likeness (QED) is 0.160. The third-order valence-corrected chi connectivity index (χ3v) is 0.369. The molecule has 0 spiro atoms. The lowest BCUT2D eigenvalue weighted by atomic mass is 11.3. The summed E-state index contributed by atoms with van der Waals surface area (Å²) in [6, 6.07) is 0. The van der Waals surface area contributed by atoms with E-state index in [1.165, 1.54) is 0 Å². The van der Waals surface area contributed by atoms with Gasteiger partial charge in [0, 0.05) is 7.11 Å². The molecule has 0 heterocycles. The van der Waals surface area contributed by atoms with Crippen molar-refractivity contribution in [1.29, 1.82) is 0 Å². The predicted molar refractivity (Wildman–Crippen MR) is 23.7 cm³/mol. The Morgan fingerprint density at radius 1 is 1.62 bits per heavy atom. The molecule has 0 saturated heterocycles. The standard InChI is InChI=1S/C2H4N2O4/c1-8-4(7)2-3(5)6/h2H,1H3. The number of nitro groups is 1. The van der Waals surface area contributed by atoms with Crippen LogP contribution in [0, 0.1) is 15.3 Å². The summed E-state index contributed by atoms with van der Waals surface area (Å²) in [6.07, 6.45) is 0.167. The maximum Gasteiger partial charge on any atom is 0.520 e. The van der Waals surface area contributed by atoms with Gasteiger partial charge in [0.15, 0.2) is 0 Å². The third-order valence-electron chi connectivity index (χ3n) is 0.369. The Bertz CT molecular complexity index is 119. The van der Waals surface area contributed by atoms with E-state index in [-0.39, 0.29) is 11.2 Å². The van der Waals surface area contributed by atoms with Crippen molar-refractivity contribution in [3.05, 3.63) is 15.3 Å². The zero-order chi connectivity index (χ0) is 6.57. The maximum atomic E-state index is 9.82. The van der Waals surface area contributed by atoms with E-state index in [1.54, 1.807) is 0 Å². The van der Waals surface area contributed by atoms with Crippen molar-refractivity contribution in [1.82, 2.24) is 0 Å². The van der Waals surface area contributed by atoms with Crippen LogP contribution in [0.25, 0.3) is 0 Å². The van der Waals surface area contributed by atoms with Crippen LogP contribution in [0.2, 0.25) is 0 Å². The lowest BCUT2D eigenvalue weighted by molar-refractivity contribution is -0.747. The van der Waals surface area contributed by atoms with Gasteiger partial charge >= 0.3 is 6.34 Å². The number of rotatable bonds is 2. The smallest absolute Gasteiger partial charge is 0.402 e. The fraction of sp³-hybridized carbons (Fsp3) is 0.500. The lowest BCUT2D eigenvalue weighted by Gasteiger charge is -1.88. The highest BCUT2D eigenvalue weighted by atomic mass is 16.9. The maximum absolute atomic E-state index is 9.82. The van der Waals surface area contributed by atoms with Gasteiger partial charge in [-0.15, -0.1) is 0 Å². The Morgan fingerprint density at radius 2 is 2.12 bits per heavy atom. The normalized spacial score (nSPS) is 10.9. The van der Waals surface area contributed by atoms with Gasteiger partial charge in [0.25, 0.3) is 0 Å². The van der Waals surface area contributed by atoms with Crippen molar-refractivity contribution in [3.63, 3.8) is 0 Å². The number of hydrogen-bond acceptors (Lipinski definition) is 4. The van der Waals surface area contributed by atoms with E-state index in [4.69, 9.17) is 0 Å². The molecule has 0 aliphatic heterocycles. The van der Waals surface area contributed by atoms with Crippen molar-refractivity contribution in [2.75, 3.05) is 7.11 Å². The molecule has 0 aromatic carbocycles. The van der Waals surface area contributed by atoms with Gasteiger partial charge in [-0.3, -0.25) is 15.3 Å². The third kappa shape index (κ3) is 2.88. The molecule has 6 heteroatoms. The van der Waals surface area contributed by atoms with Gasteiger partial charge in [0.1, 0.15) is 9.83 Å². The van der Waals surface area contributed by atoms with E-state index in [0.717, 1.165) is 7.11 Å². The Labute approximate surface area is 44.7 Å². The first-order valence-electron chi connectivity index (χ1n) is 1.65. The Balaban J connectivity index is 3.75. The molecule has 0 rings (SSSR count). The summed E-state index contributed by atoms with van der Waals surface area (Å²) in [5.41, 5.74) is 0. The average Bonchev–Trinajstić information content (AvgIpc) is 1.65. The first kappa shape index (κ1) is 6.67. The molecule has 0 unspecified atom stereocenters. The molecule has 0 aromatic heterocycles. The highest BCUT2D eigenvalue weighted by Gasteiger charge is 1.97. The molecule has 0 aliphatic rings. The summed E-state index contributed by atoms with van der Waals surface area (Å²) in [6.45, 7) is 0. The Hall–Kier alpha value is -1.33. The number of hydrogen-bond donors (Lipinski definition) is 0. The molecule has 0 fully saturated rings. The molecule has 0 amide bonds. The molecule has 0 aromatic rings. The second-order valence-electron chi connectivity index (χ2n) is 0.869. The molecule has 0 aliphatic carbocycles. The van der Waals surface area contributed by atoms with Gasteiger partial charge in [0.05, 0.1) is 0 Å². The molecular formula is C2H4N2O4. The zero-order valence-corrected chi connectivity index (χ0v) is 4.10. The molecule has 0 atom stereocenters. The van der Waals surface area contributed by atoms with Crippen molar-refractivity contribution in [3.8, 4) is 0 Å². The summed E-state index contributed by atoms with van der Waals surface area (Å²) in [7, 11) is 1.03. The predicted octanol–water partition coefficient (Wildman–Crippen LogP) is -0.637. The summed E-state index contributed by atoms with van der Waals surface area (Å²) in [5.74, 6) is 0. The Morgan fingerprint density at radius 3 is 2.25 bits per heavy atom. The zero-order valence-electron chi connectivity index (χ0n) is 4.10. The lowest BCUT2D eigenvalue weighted by Crippen LogP contribution is -2.08. The van der Waals surface area contributed by atoms with Crippen LogP contribution >= 0.6 is 0 Å². The van der Waals surface area contributed by atoms with E-state index in [0.29, 0.717) is 0 Å². The van der Waals surface area contributed by atoms with E-state index >= 15 is 0 Å². The molecular weight excluding hydrogens is 116 g/mol. The largest absolute Gasteiger partial charge is 0.520 e. The molecule has 0 saturated carbocycles. The number of nitrogens with zero attached hydrogens (tertiary/aromatic N) is 2. The Kier molecular flexibility index (Phi) is 2.32. The van der Waals surface area contributed by atoms with Crippen molar-refractivity contribution in [2.45, 2.75) is 0 Å². The average molecular weight is 120 g/mol. The molecule has 0 bridgehead atoms. The first-order valence-corrected chi connectivity index (χ1v) is 1.65. The minimum Gasteiger partial charge on any atom is -0.402 e. The second kappa shape index (κ2) is 2.78. The van der Waals surface area contributed by atoms with Crippen molar-refractivity contribution < 1.29 is 14.7 Å². The van der Waals surface area contributed by atoms with Crippen LogP contribution in [0.15, 0.2) is 0 Å². The highest BCUT2D eigenvalue weighted by Crippen LogP contribution is 1.65. The SMILES string of the molecule is CO[N+]([O-])=C[N+](=O)[O-]. The van der Waals surface area contributed by atoms with Crippen molar-refractivity contribution in [2.24, 2.45) is 0 Å². The van der Waals surface area contributed by atoms with Crippen LogP contribution in [0.5, 0.6) is 0 Å². The summed E-state index contributed by atoms with van der Waals surface area (Å²) < 4.78 is 0. The molecule has 0 N–H and O–H groups in total. The van der Waals surface area contributed by atoms with E-state index in [1.807, 2.05) is 0 Å². The summed E-state index contributed by atoms with van der Waals surface area (Å²) in [5, 5.41) is 19.2. The molecule has 0 radical (unpaired) electrons. The van der Waals surface area contributed by atoms with Gasteiger partial charge in [0.2, 0.25) is 0 Å². The minimum atomic E-state index is -0.906. The van der Waals surface area contributed by atoms with Gasteiger partial charge in [-0.2, -0.15) is 0 Å². The fourth-order valence-electron chi connectivity index (χ4n) is 0.124. The van der Waals surface area contributed by atoms with Crippen LogP contribution in [0.3, 0.4) is 0 Å². The van der Waals surface area contributed by atoms with Gasteiger partial charge in [-0.25, -0.2) is 0 Å². The minimum absolute atomic E-state index is 0.167. The van der Waals surface area contributed by atoms with Gasteiger partial charge in [-0.1, -0.05) is 0 Å². The fourth-order valence-corrected chi connectivity index (χ4v) is 0.124. The molecule has 46 valence electrons. The topological polar surface area (TPSA) is 78.4 Å². The summed E-state index contributed by atoms with van der Waals surface area (Å²) in [4.78, 5) is 12.1. The highest BCUT2D eigenvalue weighted by molar-refractivity contribution is 5.35.